The van der Waals surface area contributed by atoms with Gasteiger partial charge in [-0.1, -0.05) is 24.3 Å². The molecule has 3 amide bonds. The van der Waals surface area contributed by atoms with Crippen LogP contribution < -0.4 is 10.6 Å². The molecule has 2 aromatic carbocycles. The van der Waals surface area contributed by atoms with E-state index in [4.69, 9.17) is 0 Å². The van der Waals surface area contributed by atoms with E-state index < -0.39 is 11.9 Å². The van der Waals surface area contributed by atoms with Crippen LogP contribution in [0, 0.1) is 5.82 Å². The zero-order valence-electron chi connectivity index (χ0n) is 13.0. The molecule has 5 nitrogen and oxygen atoms in total. The van der Waals surface area contributed by atoms with Gasteiger partial charge in [0.15, 0.2) is 0 Å². The van der Waals surface area contributed by atoms with Crippen LogP contribution in [0.4, 0.5) is 20.6 Å². The minimum Gasteiger partial charge on any atom is -0.324 e. The van der Waals surface area contributed by atoms with Crippen LogP contribution in [-0.4, -0.2) is 29.4 Å². The molecule has 0 aliphatic carbocycles. The number of nitrogens with zero attached hydrogens (tertiary/aromatic N) is 1. The first-order valence-corrected chi connectivity index (χ1v) is 7.82. The van der Waals surface area contributed by atoms with E-state index in [9.17, 15) is 14.0 Å². The summed E-state index contributed by atoms with van der Waals surface area (Å²) in [6.45, 7) is 0.514. The van der Waals surface area contributed by atoms with E-state index in [0.717, 1.165) is 6.42 Å². The molecule has 24 heavy (non-hydrogen) atoms. The predicted octanol–water partition coefficient (Wildman–Crippen LogP) is 3.46. The highest BCUT2D eigenvalue weighted by molar-refractivity contribution is 5.99. The average molecular weight is 327 g/mol. The molecular weight excluding hydrogens is 309 g/mol. The second kappa shape index (κ2) is 7.12. The smallest absolute Gasteiger partial charge is 0.322 e. The second-order valence-electron chi connectivity index (χ2n) is 5.65. The first-order valence-electron chi connectivity index (χ1n) is 7.82. The minimum atomic E-state index is -0.558. The van der Waals surface area contributed by atoms with Crippen LogP contribution in [0.3, 0.4) is 0 Å². The Morgan fingerprint density at radius 1 is 1.00 bits per heavy atom. The molecule has 0 unspecified atom stereocenters. The van der Waals surface area contributed by atoms with Crippen molar-refractivity contribution < 1.29 is 14.0 Å². The van der Waals surface area contributed by atoms with Crippen molar-refractivity contribution in [2.24, 2.45) is 0 Å². The van der Waals surface area contributed by atoms with Crippen molar-refractivity contribution in [1.82, 2.24) is 4.90 Å². The molecule has 1 atom stereocenters. The van der Waals surface area contributed by atoms with Gasteiger partial charge in [0.05, 0.1) is 0 Å². The van der Waals surface area contributed by atoms with E-state index in [0.29, 0.717) is 24.3 Å². The van der Waals surface area contributed by atoms with Crippen LogP contribution in [0.25, 0.3) is 0 Å². The maximum Gasteiger partial charge on any atom is 0.322 e. The van der Waals surface area contributed by atoms with Crippen LogP contribution in [-0.2, 0) is 4.79 Å². The highest BCUT2D eigenvalue weighted by Gasteiger charge is 2.34. The van der Waals surface area contributed by atoms with Crippen LogP contribution in [0.2, 0.25) is 0 Å². The Labute approximate surface area is 139 Å². The molecule has 0 saturated carbocycles. The third-order valence-corrected chi connectivity index (χ3v) is 3.93. The molecule has 1 aliphatic heterocycles. The summed E-state index contributed by atoms with van der Waals surface area (Å²) in [5, 5.41) is 5.46. The lowest BCUT2D eigenvalue weighted by Crippen LogP contribution is -2.45. The van der Waals surface area contributed by atoms with Crippen molar-refractivity contribution in [3.8, 4) is 0 Å². The maximum atomic E-state index is 13.2. The van der Waals surface area contributed by atoms with Gasteiger partial charge in [0, 0.05) is 17.9 Å². The summed E-state index contributed by atoms with van der Waals surface area (Å²) in [6.07, 6.45) is 1.34. The number of anilines is 2. The number of likely N-dealkylation sites (tertiary alicyclic amines) is 1. The van der Waals surface area contributed by atoms with Crippen molar-refractivity contribution in [3.05, 3.63) is 60.4 Å². The van der Waals surface area contributed by atoms with Gasteiger partial charge in [-0.05, 0) is 43.2 Å². The first kappa shape index (κ1) is 16.0. The monoisotopic (exact) mass is 327 g/mol. The summed E-state index contributed by atoms with van der Waals surface area (Å²) in [5.41, 5.74) is 1.06. The molecule has 1 aliphatic rings. The molecule has 3 rings (SSSR count). The summed E-state index contributed by atoms with van der Waals surface area (Å²) in [4.78, 5) is 26.4. The van der Waals surface area contributed by atoms with E-state index in [1.165, 1.54) is 23.1 Å². The average Bonchev–Trinajstić information content (AvgIpc) is 3.06. The SMILES string of the molecule is O=C(Nc1cccc(F)c1)[C@H]1CCCN1C(=O)Nc1ccccc1. The summed E-state index contributed by atoms with van der Waals surface area (Å²) >= 11 is 0. The third-order valence-electron chi connectivity index (χ3n) is 3.93. The Morgan fingerprint density at radius 2 is 1.75 bits per heavy atom. The van der Waals surface area contributed by atoms with E-state index in [2.05, 4.69) is 10.6 Å². The third kappa shape index (κ3) is 3.71. The lowest BCUT2D eigenvalue weighted by atomic mass is 10.2. The fourth-order valence-corrected chi connectivity index (χ4v) is 2.79. The molecular formula is C18H18FN3O2. The van der Waals surface area contributed by atoms with Crippen molar-refractivity contribution in [2.75, 3.05) is 17.2 Å². The number of nitrogens with one attached hydrogen (secondary N) is 2. The number of para-hydroxylation sites is 1. The number of halogens is 1. The Balaban J connectivity index is 1.66. The van der Waals surface area contributed by atoms with Gasteiger partial charge in [0.25, 0.3) is 0 Å². The zero-order chi connectivity index (χ0) is 16.9. The molecule has 1 saturated heterocycles. The van der Waals surface area contributed by atoms with Gasteiger partial charge in [-0.2, -0.15) is 0 Å². The fourth-order valence-electron chi connectivity index (χ4n) is 2.79. The predicted molar refractivity (Wildman–Crippen MR) is 90.2 cm³/mol. The number of urea groups is 1. The standard InChI is InChI=1S/C18H18FN3O2/c19-13-6-4-9-15(12-13)20-17(23)16-10-5-11-22(16)18(24)21-14-7-2-1-3-8-14/h1-4,6-9,12,16H,5,10-11H2,(H,20,23)(H,21,24)/t16-/m1/s1. The lowest BCUT2D eigenvalue weighted by molar-refractivity contribution is -0.119. The number of hydrogen-bond donors (Lipinski definition) is 2. The van der Waals surface area contributed by atoms with Crippen molar-refractivity contribution in [2.45, 2.75) is 18.9 Å². The van der Waals surface area contributed by atoms with E-state index in [1.807, 2.05) is 18.2 Å². The summed E-state index contributed by atoms with van der Waals surface area (Å²) < 4.78 is 13.2. The molecule has 0 radical (unpaired) electrons. The molecule has 0 spiro atoms. The Morgan fingerprint density at radius 3 is 2.50 bits per heavy atom. The van der Waals surface area contributed by atoms with Gasteiger partial charge in [0.1, 0.15) is 11.9 Å². The molecule has 1 heterocycles. The normalized spacial score (nSPS) is 16.7. The van der Waals surface area contributed by atoms with Gasteiger partial charge in [-0.3, -0.25) is 4.79 Å². The van der Waals surface area contributed by atoms with E-state index in [-0.39, 0.29) is 11.9 Å². The summed E-state index contributed by atoms with van der Waals surface area (Å²) in [6, 6.07) is 13.9. The number of hydrogen-bond acceptors (Lipinski definition) is 2. The zero-order valence-corrected chi connectivity index (χ0v) is 13.0. The molecule has 0 bridgehead atoms. The largest absolute Gasteiger partial charge is 0.324 e. The minimum absolute atomic E-state index is 0.304. The molecule has 1 fully saturated rings. The molecule has 2 N–H and O–H groups in total. The van der Waals surface area contributed by atoms with Crippen LogP contribution in [0.15, 0.2) is 54.6 Å². The van der Waals surface area contributed by atoms with Gasteiger partial charge >= 0.3 is 6.03 Å². The fraction of sp³-hybridized carbons (Fsp3) is 0.222. The van der Waals surface area contributed by atoms with Gasteiger partial charge in [-0.25, -0.2) is 9.18 Å². The molecule has 124 valence electrons. The van der Waals surface area contributed by atoms with Crippen LogP contribution in [0.1, 0.15) is 12.8 Å². The first-order chi connectivity index (χ1) is 11.6. The Bertz CT molecular complexity index is 736. The number of benzene rings is 2. The van der Waals surface area contributed by atoms with Gasteiger partial charge < -0.3 is 15.5 Å². The van der Waals surface area contributed by atoms with E-state index >= 15 is 0 Å². The molecule has 6 heteroatoms. The number of carbonyl (C=O) groups is 2. The summed E-state index contributed by atoms with van der Waals surface area (Å²) in [7, 11) is 0. The second-order valence-corrected chi connectivity index (χ2v) is 5.65. The maximum absolute atomic E-state index is 13.2. The highest BCUT2D eigenvalue weighted by Crippen LogP contribution is 2.21. The number of carbonyl (C=O) groups excluding carboxylic acids is 2. The van der Waals surface area contributed by atoms with Gasteiger partial charge in [-0.15, -0.1) is 0 Å². The topological polar surface area (TPSA) is 61.4 Å². The quantitative estimate of drug-likeness (QED) is 0.907. The lowest BCUT2D eigenvalue weighted by Gasteiger charge is -2.24. The molecule has 0 aromatic heterocycles. The molecule has 2 aromatic rings. The van der Waals surface area contributed by atoms with Crippen LogP contribution in [0.5, 0.6) is 0 Å². The van der Waals surface area contributed by atoms with Gasteiger partial charge in [0.2, 0.25) is 5.91 Å². The Hall–Kier alpha value is -2.89. The Kier molecular flexibility index (Phi) is 4.74. The van der Waals surface area contributed by atoms with Crippen molar-refractivity contribution >= 4 is 23.3 Å². The van der Waals surface area contributed by atoms with E-state index in [1.54, 1.807) is 18.2 Å². The number of rotatable bonds is 3. The van der Waals surface area contributed by atoms with Crippen molar-refractivity contribution in [1.29, 1.82) is 0 Å². The highest BCUT2D eigenvalue weighted by atomic mass is 19.1. The van der Waals surface area contributed by atoms with Crippen LogP contribution >= 0.6 is 0 Å². The number of amides is 3. The van der Waals surface area contributed by atoms with Crippen molar-refractivity contribution in [3.63, 3.8) is 0 Å². The summed E-state index contributed by atoms with van der Waals surface area (Å²) in [5.74, 6) is -0.723.